The van der Waals surface area contributed by atoms with Gasteiger partial charge in [-0.15, -0.1) is 0 Å². The van der Waals surface area contributed by atoms with E-state index in [1.54, 1.807) is 0 Å². The zero-order valence-electron chi connectivity index (χ0n) is 8.38. The number of hydrogen-bond acceptors (Lipinski definition) is 2. The molecule has 3 heteroatoms. The van der Waals surface area contributed by atoms with Gasteiger partial charge in [-0.25, -0.2) is 0 Å². The van der Waals surface area contributed by atoms with Crippen molar-refractivity contribution in [1.82, 2.24) is 0 Å². The maximum absolute atomic E-state index is 8.81. The number of aldehydes is 2. The topological polar surface area (TPSA) is 34.1 Å². The van der Waals surface area contributed by atoms with Crippen LogP contribution in [0.2, 0.25) is 11.6 Å². The molecule has 2 nitrogen and oxygen atoms in total. The molecule has 0 aromatic heterocycles. The van der Waals surface area contributed by atoms with Gasteiger partial charge < -0.3 is 9.59 Å². The van der Waals surface area contributed by atoms with Crippen molar-refractivity contribution >= 4 is 27.5 Å². The van der Waals surface area contributed by atoms with Gasteiger partial charge in [-0.3, -0.25) is 0 Å². The Labute approximate surface area is 76.9 Å². The van der Waals surface area contributed by atoms with Crippen molar-refractivity contribution in [2.45, 2.75) is 39.3 Å². The molecule has 0 radical (unpaired) electrons. The minimum absolute atomic E-state index is 0.750. The van der Waals surface area contributed by atoms with Gasteiger partial charge in [0.2, 0.25) is 0 Å². The van der Waals surface area contributed by atoms with Crippen LogP contribution in [-0.2, 0) is 9.59 Å². The summed E-state index contributed by atoms with van der Waals surface area (Å²) in [5, 5.41) is 0. The predicted octanol–water partition coefficient (Wildman–Crippen LogP) is 2.22. The predicted molar refractivity (Wildman–Crippen MR) is 52.3 cm³/mol. The van der Waals surface area contributed by atoms with E-state index in [1.807, 2.05) is 13.8 Å². The van der Waals surface area contributed by atoms with Crippen LogP contribution >= 0.6 is 0 Å². The van der Waals surface area contributed by atoms with Crippen LogP contribution in [0.25, 0.3) is 0 Å². The molecule has 0 atom stereocenters. The normalized spacial score (nSPS) is 4.55. The molecule has 0 N–H and O–H groups in total. The van der Waals surface area contributed by atoms with Crippen LogP contribution in [0.1, 0.15) is 27.7 Å². The standard InChI is InChI=1S/2C2H4O.C2H6Se.C2H6/c2*1-2-3;1-3-2;1-2/h2*2H,1H3;1-2H3;1-2H3. The van der Waals surface area contributed by atoms with E-state index in [0.717, 1.165) is 27.5 Å². The summed E-state index contributed by atoms with van der Waals surface area (Å²) in [6, 6.07) is 0. The van der Waals surface area contributed by atoms with Gasteiger partial charge in [-0.05, 0) is 13.8 Å². The molecule has 0 amide bonds. The van der Waals surface area contributed by atoms with Crippen LogP contribution < -0.4 is 0 Å². The quantitative estimate of drug-likeness (QED) is 0.469. The summed E-state index contributed by atoms with van der Waals surface area (Å²) in [7, 11) is 0. The maximum atomic E-state index is 8.81. The van der Waals surface area contributed by atoms with E-state index >= 15 is 0 Å². The average molecular weight is 227 g/mol. The molecule has 0 aliphatic carbocycles. The average Bonchev–Trinajstić information content (AvgIpc) is 1.96. The van der Waals surface area contributed by atoms with Gasteiger partial charge in [0, 0.05) is 0 Å². The monoisotopic (exact) mass is 228 g/mol. The van der Waals surface area contributed by atoms with Gasteiger partial charge in [-0.1, -0.05) is 13.8 Å². The number of rotatable bonds is 0. The van der Waals surface area contributed by atoms with E-state index in [4.69, 9.17) is 9.59 Å². The Morgan fingerprint density at radius 3 is 0.909 bits per heavy atom. The Bertz CT molecular complexity index is 41.4. The summed E-state index contributed by atoms with van der Waals surface area (Å²) in [5.41, 5.74) is 0. The molecular weight excluding hydrogens is 207 g/mol. The molecule has 70 valence electrons. The molecular formula is C8H20O2Se. The Morgan fingerprint density at radius 1 is 0.909 bits per heavy atom. The van der Waals surface area contributed by atoms with Gasteiger partial charge in [0.1, 0.15) is 12.6 Å². The van der Waals surface area contributed by atoms with Gasteiger partial charge >= 0.3 is 26.6 Å². The van der Waals surface area contributed by atoms with Crippen LogP contribution in [0, 0.1) is 0 Å². The van der Waals surface area contributed by atoms with Gasteiger partial charge in [0.25, 0.3) is 0 Å². The first kappa shape index (κ1) is 22.4. The second-order valence-corrected chi connectivity index (χ2v) is 2.59. The molecule has 0 heterocycles. The van der Waals surface area contributed by atoms with Crippen LogP contribution in [0.3, 0.4) is 0 Å². The molecule has 0 aliphatic rings. The molecule has 0 saturated carbocycles. The molecule has 0 bridgehead atoms. The van der Waals surface area contributed by atoms with Gasteiger partial charge in [-0.2, -0.15) is 0 Å². The van der Waals surface area contributed by atoms with E-state index in [9.17, 15) is 0 Å². The Hall–Kier alpha value is -0.141. The summed E-state index contributed by atoms with van der Waals surface area (Å²) in [6.45, 7) is 6.89. The van der Waals surface area contributed by atoms with Crippen LogP contribution in [0.5, 0.6) is 0 Å². The van der Waals surface area contributed by atoms with Crippen molar-refractivity contribution in [2.75, 3.05) is 0 Å². The molecule has 0 unspecified atom stereocenters. The van der Waals surface area contributed by atoms with E-state index in [1.165, 1.54) is 13.8 Å². The molecule has 0 saturated heterocycles. The van der Waals surface area contributed by atoms with Crippen LogP contribution in [0.15, 0.2) is 0 Å². The fourth-order valence-electron chi connectivity index (χ4n) is 0. The van der Waals surface area contributed by atoms with E-state index in [-0.39, 0.29) is 0 Å². The van der Waals surface area contributed by atoms with Crippen molar-refractivity contribution in [3.63, 3.8) is 0 Å². The first-order chi connectivity index (χ1) is 5.24. The zero-order chi connectivity index (χ0) is 10.1. The Balaban J connectivity index is -0.0000000301. The SMILES string of the molecule is CC.CC=O.CC=O.C[Se]C. The molecule has 11 heavy (non-hydrogen) atoms. The van der Waals surface area contributed by atoms with E-state index in [2.05, 4.69) is 11.6 Å². The van der Waals surface area contributed by atoms with E-state index in [0.29, 0.717) is 0 Å². The molecule has 0 fully saturated rings. The first-order valence-electron chi connectivity index (χ1n) is 3.44. The van der Waals surface area contributed by atoms with Crippen molar-refractivity contribution in [2.24, 2.45) is 0 Å². The van der Waals surface area contributed by atoms with Crippen molar-refractivity contribution < 1.29 is 9.59 Å². The second-order valence-electron chi connectivity index (χ2n) is 0.880. The summed E-state index contributed by atoms with van der Waals surface area (Å²) in [6.07, 6.45) is 1.50. The van der Waals surface area contributed by atoms with Crippen molar-refractivity contribution in [3.05, 3.63) is 0 Å². The third-order valence-electron chi connectivity index (χ3n) is 0. The van der Waals surface area contributed by atoms with Gasteiger partial charge in [0.05, 0.1) is 0 Å². The first-order valence-corrected chi connectivity index (χ1v) is 6.87. The third-order valence-corrected chi connectivity index (χ3v) is 0. The number of carbonyl (C=O) groups excluding carboxylic acids is 2. The van der Waals surface area contributed by atoms with Gasteiger partial charge in [0.15, 0.2) is 0 Å². The summed E-state index contributed by atoms with van der Waals surface area (Å²) in [4.78, 5) is 17.6. The number of hydrogen-bond donors (Lipinski definition) is 0. The third kappa shape index (κ3) is 30800. The molecule has 0 rings (SSSR count). The summed E-state index contributed by atoms with van der Waals surface area (Å²) in [5.74, 6) is 4.38. The minimum atomic E-state index is 0.750. The van der Waals surface area contributed by atoms with Crippen molar-refractivity contribution in [3.8, 4) is 0 Å². The fraction of sp³-hybridized carbons (Fsp3) is 0.750. The number of carbonyl (C=O) groups is 2. The molecule has 0 spiro atoms. The fourth-order valence-corrected chi connectivity index (χ4v) is 0. The van der Waals surface area contributed by atoms with Crippen LogP contribution in [0.4, 0.5) is 0 Å². The Morgan fingerprint density at radius 2 is 0.909 bits per heavy atom. The van der Waals surface area contributed by atoms with E-state index < -0.39 is 0 Å². The summed E-state index contributed by atoms with van der Waals surface area (Å²) >= 11 is 0.875. The second kappa shape index (κ2) is 94.6. The summed E-state index contributed by atoms with van der Waals surface area (Å²) < 4.78 is 0. The molecule has 0 aromatic rings. The molecule has 0 aromatic carbocycles. The van der Waals surface area contributed by atoms with Crippen molar-refractivity contribution in [1.29, 1.82) is 0 Å². The van der Waals surface area contributed by atoms with Crippen LogP contribution in [-0.4, -0.2) is 27.5 Å². The molecule has 0 aliphatic heterocycles. The Kier molecular flexibility index (Phi) is 193. The zero-order valence-corrected chi connectivity index (χ0v) is 10.1.